The average molecular weight is 313 g/mol. The zero-order valence-electron chi connectivity index (χ0n) is 13.7. The van der Waals surface area contributed by atoms with Gasteiger partial charge >= 0.3 is 0 Å². The van der Waals surface area contributed by atoms with Gasteiger partial charge in [-0.3, -0.25) is 9.58 Å². The monoisotopic (exact) mass is 312 g/mol. The number of halogens is 1. The molecule has 5 heteroatoms. The molecule has 2 rings (SSSR count). The lowest BCUT2D eigenvalue weighted by Gasteiger charge is -2.30. The Balaban J connectivity index is 2.03. The summed E-state index contributed by atoms with van der Waals surface area (Å²) in [6.07, 6.45) is 4.66. The van der Waals surface area contributed by atoms with Crippen molar-refractivity contribution in [2.75, 3.05) is 26.2 Å². The second-order valence-electron chi connectivity index (χ2n) is 6.11. The highest BCUT2D eigenvalue weighted by Gasteiger charge is 2.20. The lowest BCUT2D eigenvalue weighted by molar-refractivity contribution is 0.195. The van der Waals surface area contributed by atoms with Gasteiger partial charge in [0, 0.05) is 20.1 Å². The Labute approximate surface area is 133 Å². The van der Waals surface area contributed by atoms with Crippen molar-refractivity contribution in [1.82, 2.24) is 20.0 Å². The summed E-state index contributed by atoms with van der Waals surface area (Å²) < 4.78 is 1.96. The molecular weight excluding hydrogens is 284 g/mol. The van der Waals surface area contributed by atoms with Crippen molar-refractivity contribution in [3.8, 4) is 0 Å². The molecule has 1 saturated heterocycles. The second kappa shape index (κ2) is 8.16. The minimum Gasteiger partial charge on any atom is -0.317 e. The first kappa shape index (κ1) is 16.8. The molecule has 120 valence electrons. The Hall–Kier alpha value is -0.580. The second-order valence-corrected chi connectivity index (χ2v) is 6.49. The molecule has 1 aromatic heterocycles. The van der Waals surface area contributed by atoms with Crippen LogP contribution in [0.1, 0.15) is 44.5 Å². The number of hydrogen-bond donors (Lipinski definition) is 1. The minimum atomic E-state index is 0.815. The van der Waals surface area contributed by atoms with Crippen LogP contribution in [0.2, 0.25) is 5.02 Å². The van der Waals surface area contributed by atoms with E-state index in [2.05, 4.69) is 29.2 Å². The average Bonchev–Trinajstić information content (AvgIpc) is 2.76. The third-order valence-corrected chi connectivity index (χ3v) is 4.83. The van der Waals surface area contributed by atoms with E-state index >= 15 is 0 Å². The fourth-order valence-electron chi connectivity index (χ4n) is 3.18. The van der Waals surface area contributed by atoms with Gasteiger partial charge in [0.05, 0.1) is 16.4 Å². The molecule has 0 saturated carbocycles. The quantitative estimate of drug-likeness (QED) is 0.840. The summed E-state index contributed by atoms with van der Waals surface area (Å²) in [6.45, 7) is 9.91. The van der Waals surface area contributed by atoms with Gasteiger partial charge in [0.1, 0.15) is 0 Å². The number of hydrogen-bond acceptors (Lipinski definition) is 3. The molecule has 4 nitrogen and oxygen atoms in total. The third-order valence-electron chi connectivity index (χ3n) is 4.39. The maximum atomic E-state index is 6.50. The molecule has 0 aliphatic carbocycles. The predicted octanol–water partition coefficient (Wildman–Crippen LogP) is 2.85. The Kier molecular flexibility index (Phi) is 6.52. The van der Waals surface area contributed by atoms with Crippen LogP contribution >= 0.6 is 11.6 Å². The zero-order valence-corrected chi connectivity index (χ0v) is 14.4. The number of aromatic nitrogens is 2. The van der Waals surface area contributed by atoms with Gasteiger partial charge in [-0.2, -0.15) is 5.10 Å². The molecule has 1 aliphatic heterocycles. The van der Waals surface area contributed by atoms with E-state index in [9.17, 15) is 0 Å². The highest BCUT2D eigenvalue weighted by molar-refractivity contribution is 6.31. The summed E-state index contributed by atoms with van der Waals surface area (Å²) in [6, 6.07) is 0. The molecule has 1 fully saturated rings. The van der Waals surface area contributed by atoms with E-state index in [4.69, 9.17) is 11.6 Å². The smallest absolute Gasteiger partial charge is 0.0863 e. The van der Waals surface area contributed by atoms with Crippen molar-refractivity contribution in [2.45, 2.75) is 46.1 Å². The van der Waals surface area contributed by atoms with Crippen LogP contribution in [0.4, 0.5) is 0 Å². The molecule has 1 aromatic rings. The van der Waals surface area contributed by atoms with Gasteiger partial charge in [-0.1, -0.05) is 25.4 Å². The van der Waals surface area contributed by atoms with Crippen molar-refractivity contribution in [1.29, 1.82) is 0 Å². The van der Waals surface area contributed by atoms with E-state index in [1.807, 2.05) is 11.7 Å². The fraction of sp³-hybridized carbons (Fsp3) is 0.812. The summed E-state index contributed by atoms with van der Waals surface area (Å²) >= 11 is 6.50. The van der Waals surface area contributed by atoms with Gasteiger partial charge in [0.25, 0.3) is 0 Å². The highest BCUT2D eigenvalue weighted by atomic mass is 35.5. The van der Waals surface area contributed by atoms with Crippen LogP contribution in [-0.4, -0.2) is 40.9 Å². The first-order chi connectivity index (χ1) is 10.2. The zero-order chi connectivity index (χ0) is 15.2. The largest absolute Gasteiger partial charge is 0.317 e. The van der Waals surface area contributed by atoms with E-state index < -0.39 is 0 Å². The van der Waals surface area contributed by atoms with Gasteiger partial charge in [-0.05, 0) is 51.2 Å². The van der Waals surface area contributed by atoms with Crippen LogP contribution in [0.25, 0.3) is 0 Å². The number of aryl methyl sites for hydroxylation is 2. The molecule has 0 radical (unpaired) electrons. The lowest BCUT2D eigenvalue weighted by Crippen LogP contribution is -2.36. The number of nitrogens with one attached hydrogen (secondary N) is 1. The van der Waals surface area contributed by atoms with E-state index in [1.54, 1.807) is 0 Å². The summed E-state index contributed by atoms with van der Waals surface area (Å²) in [5.74, 6) is 0.815. The maximum absolute atomic E-state index is 6.50. The minimum absolute atomic E-state index is 0.815. The van der Waals surface area contributed by atoms with Crippen molar-refractivity contribution in [3.63, 3.8) is 0 Å². The summed E-state index contributed by atoms with van der Waals surface area (Å²) in [4.78, 5) is 2.55. The van der Waals surface area contributed by atoms with Crippen LogP contribution < -0.4 is 5.32 Å². The van der Waals surface area contributed by atoms with Gasteiger partial charge < -0.3 is 5.32 Å². The normalized spacial score (nSPS) is 16.8. The molecule has 21 heavy (non-hydrogen) atoms. The number of rotatable bonds is 7. The molecule has 0 aromatic carbocycles. The molecule has 1 N–H and O–H groups in total. The van der Waals surface area contributed by atoms with E-state index in [-0.39, 0.29) is 0 Å². The van der Waals surface area contributed by atoms with Crippen LogP contribution in [0.15, 0.2) is 0 Å². The molecule has 0 unspecified atom stereocenters. The molecule has 2 heterocycles. The van der Waals surface area contributed by atoms with E-state index in [0.29, 0.717) is 0 Å². The first-order valence-electron chi connectivity index (χ1n) is 8.29. The Bertz CT molecular complexity index is 438. The fourth-order valence-corrected chi connectivity index (χ4v) is 3.54. The Morgan fingerprint density at radius 1 is 1.33 bits per heavy atom. The van der Waals surface area contributed by atoms with Crippen LogP contribution in [0, 0.1) is 5.92 Å². The molecule has 0 spiro atoms. The molecular formula is C16H29ClN4. The Morgan fingerprint density at radius 3 is 2.62 bits per heavy atom. The van der Waals surface area contributed by atoms with E-state index in [1.165, 1.54) is 25.8 Å². The van der Waals surface area contributed by atoms with Crippen molar-refractivity contribution < 1.29 is 0 Å². The number of nitrogens with zero attached hydrogens (tertiary/aromatic N) is 3. The van der Waals surface area contributed by atoms with Crippen molar-refractivity contribution in [2.24, 2.45) is 13.0 Å². The van der Waals surface area contributed by atoms with Crippen molar-refractivity contribution in [3.05, 3.63) is 16.4 Å². The van der Waals surface area contributed by atoms with Gasteiger partial charge in [-0.25, -0.2) is 0 Å². The van der Waals surface area contributed by atoms with Gasteiger partial charge in [0.2, 0.25) is 0 Å². The summed E-state index contributed by atoms with van der Waals surface area (Å²) in [5.41, 5.74) is 2.18. The molecule has 1 aliphatic rings. The number of piperidine rings is 1. The van der Waals surface area contributed by atoms with Gasteiger partial charge in [-0.15, -0.1) is 0 Å². The van der Waals surface area contributed by atoms with Crippen LogP contribution in [-0.2, 0) is 20.0 Å². The standard InChI is InChI=1S/C16H29ClN4/c1-4-10-21(11-13-6-8-18-9-7-13)12-15-16(17)14(5-2)19-20(15)3/h13,18H,4-12H2,1-3H3. The van der Waals surface area contributed by atoms with Crippen molar-refractivity contribution >= 4 is 11.6 Å². The SMILES string of the molecule is CCCN(Cc1c(Cl)c(CC)nn1C)CC1CCNCC1. The third kappa shape index (κ3) is 4.44. The highest BCUT2D eigenvalue weighted by Crippen LogP contribution is 2.23. The summed E-state index contributed by atoms with van der Waals surface area (Å²) in [7, 11) is 2.01. The lowest BCUT2D eigenvalue weighted by atomic mass is 9.97. The summed E-state index contributed by atoms with van der Waals surface area (Å²) in [5, 5.41) is 8.85. The van der Waals surface area contributed by atoms with E-state index in [0.717, 1.165) is 54.9 Å². The maximum Gasteiger partial charge on any atom is 0.0863 e. The van der Waals surface area contributed by atoms with Gasteiger partial charge in [0.15, 0.2) is 0 Å². The first-order valence-corrected chi connectivity index (χ1v) is 8.66. The Morgan fingerprint density at radius 2 is 2.05 bits per heavy atom. The predicted molar refractivity (Wildman–Crippen MR) is 88.8 cm³/mol. The molecule has 0 amide bonds. The van der Waals surface area contributed by atoms with Crippen LogP contribution in [0.5, 0.6) is 0 Å². The topological polar surface area (TPSA) is 33.1 Å². The van der Waals surface area contributed by atoms with Crippen LogP contribution in [0.3, 0.4) is 0 Å². The molecule has 0 atom stereocenters. The molecule has 0 bridgehead atoms.